The number of pyridine rings is 1. The smallest absolute Gasteiger partial charge is 0.358 e. The zero-order chi connectivity index (χ0) is 18.1. The number of aromatic carboxylic acids is 1. The summed E-state index contributed by atoms with van der Waals surface area (Å²) < 4.78 is 5.57. The molecule has 0 atom stereocenters. The summed E-state index contributed by atoms with van der Waals surface area (Å²) in [5, 5.41) is 30.3. The summed E-state index contributed by atoms with van der Waals surface area (Å²) in [5.74, 6) is -1.32. The molecule has 1 heterocycles. The number of carboxylic acids is 1. The predicted octanol–water partition coefficient (Wildman–Crippen LogP) is 3.99. The Morgan fingerprint density at radius 1 is 1.12 bits per heavy atom. The average Bonchev–Trinajstić information content (AvgIpc) is 2.58. The summed E-state index contributed by atoms with van der Waals surface area (Å²) in [6, 6.07) is 9.91. The number of benzene rings is 2. The van der Waals surface area contributed by atoms with E-state index in [1.54, 1.807) is 6.07 Å². The van der Waals surface area contributed by atoms with Gasteiger partial charge < -0.3 is 14.9 Å². The molecule has 0 radical (unpaired) electrons. The lowest BCUT2D eigenvalue weighted by Gasteiger charge is -2.09. The van der Waals surface area contributed by atoms with Crippen LogP contribution in [0.15, 0.2) is 42.5 Å². The van der Waals surface area contributed by atoms with Gasteiger partial charge in [0, 0.05) is 22.9 Å². The quantitative estimate of drug-likeness (QED) is 0.409. The Hall–Kier alpha value is -3.39. The van der Waals surface area contributed by atoms with Crippen LogP contribution >= 0.6 is 11.6 Å². The SMILES string of the molecule is O=C(O)c1nc(Cl)c2ccc(Oc3ccc([N+](=O)[O-])cc3)cc2c1O. The zero-order valence-corrected chi connectivity index (χ0v) is 13.1. The van der Waals surface area contributed by atoms with Crippen LogP contribution in [0.25, 0.3) is 10.8 Å². The van der Waals surface area contributed by atoms with Crippen LogP contribution in [0.5, 0.6) is 17.2 Å². The third kappa shape index (κ3) is 3.15. The van der Waals surface area contributed by atoms with E-state index in [2.05, 4.69) is 4.98 Å². The van der Waals surface area contributed by atoms with E-state index in [0.29, 0.717) is 11.1 Å². The highest BCUT2D eigenvalue weighted by molar-refractivity contribution is 6.34. The molecular weight excluding hydrogens is 352 g/mol. The minimum absolute atomic E-state index is 0.0629. The summed E-state index contributed by atoms with van der Waals surface area (Å²) in [6.07, 6.45) is 0. The van der Waals surface area contributed by atoms with Crippen LogP contribution in [-0.4, -0.2) is 26.1 Å². The van der Waals surface area contributed by atoms with E-state index in [1.807, 2.05) is 0 Å². The first-order valence-corrected chi connectivity index (χ1v) is 7.22. The van der Waals surface area contributed by atoms with Crippen LogP contribution in [0.2, 0.25) is 5.15 Å². The normalized spacial score (nSPS) is 10.6. The molecule has 0 aliphatic heterocycles. The van der Waals surface area contributed by atoms with Crippen LogP contribution in [0.1, 0.15) is 10.5 Å². The summed E-state index contributed by atoms with van der Waals surface area (Å²) in [6.45, 7) is 0. The average molecular weight is 361 g/mol. The van der Waals surface area contributed by atoms with Gasteiger partial charge in [0.25, 0.3) is 5.69 Å². The number of nitro groups is 1. The molecule has 0 bridgehead atoms. The number of nitro benzene ring substituents is 1. The standard InChI is InChI=1S/C16H9ClN2O6/c17-15-11-6-5-10(7-12(11)14(20)13(18-15)16(21)22)25-9-3-1-8(2-4-9)19(23)24/h1-7,20H,(H,21,22). The number of carbonyl (C=O) groups is 1. The second-order valence-corrected chi connectivity index (χ2v) is 5.32. The first-order valence-electron chi connectivity index (χ1n) is 6.84. The lowest BCUT2D eigenvalue weighted by Crippen LogP contribution is -2.01. The van der Waals surface area contributed by atoms with Gasteiger partial charge in [-0.2, -0.15) is 0 Å². The number of halogens is 1. The minimum Gasteiger partial charge on any atom is -0.505 e. The van der Waals surface area contributed by atoms with Crippen molar-refractivity contribution in [3.63, 3.8) is 0 Å². The number of fused-ring (bicyclic) bond motifs is 1. The van der Waals surface area contributed by atoms with E-state index in [4.69, 9.17) is 21.4 Å². The number of hydrogen-bond donors (Lipinski definition) is 2. The summed E-state index contributed by atoms with van der Waals surface area (Å²) in [4.78, 5) is 24.9. The number of hydrogen-bond acceptors (Lipinski definition) is 6. The van der Waals surface area contributed by atoms with Gasteiger partial charge in [-0.25, -0.2) is 9.78 Å². The highest BCUT2D eigenvalue weighted by Gasteiger charge is 2.18. The zero-order valence-electron chi connectivity index (χ0n) is 12.3. The molecule has 126 valence electrons. The van der Waals surface area contributed by atoms with Crippen molar-refractivity contribution < 1.29 is 24.7 Å². The predicted molar refractivity (Wildman–Crippen MR) is 88.5 cm³/mol. The van der Waals surface area contributed by atoms with Gasteiger partial charge in [0.1, 0.15) is 16.7 Å². The van der Waals surface area contributed by atoms with E-state index < -0.39 is 22.3 Å². The molecule has 2 N–H and O–H groups in total. The molecule has 0 unspecified atom stereocenters. The highest BCUT2D eigenvalue weighted by Crippen LogP contribution is 2.35. The van der Waals surface area contributed by atoms with E-state index in [0.717, 1.165) is 0 Å². The number of rotatable bonds is 4. The molecular formula is C16H9ClN2O6. The van der Waals surface area contributed by atoms with Gasteiger partial charge in [-0.05, 0) is 30.3 Å². The Morgan fingerprint density at radius 2 is 1.76 bits per heavy atom. The molecule has 0 fully saturated rings. The number of non-ortho nitro benzene ring substituents is 1. The molecule has 1 aromatic heterocycles. The van der Waals surface area contributed by atoms with Gasteiger partial charge in [-0.1, -0.05) is 11.6 Å². The second kappa shape index (κ2) is 6.25. The lowest BCUT2D eigenvalue weighted by molar-refractivity contribution is -0.384. The van der Waals surface area contributed by atoms with Crippen molar-refractivity contribution >= 4 is 34.0 Å². The molecule has 0 saturated heterocycles. The second-order valence-electron chi connectivity index (χ2n) is 4.97. The van der Waals surface area contributed by atoms with Gasteiger partial charge >= 0.3 is 5.97 Å². The van der Waals surface area contributed by atoms with Gasteiger partial charge in [-0.3, -0.25) is 10.1 Å². The van der Waals surface area contributed by atoms with Crippen molar-refractivity contribution in [1.82, 2.24) is 4.98 Å². The number of nitrogens with zero attached hydrogens (tertiary/aromatic N) is 2. The van der Waals surface area contributed by atoms with E-state index in [9.17, 15) is 20.0 Å². The Labute approximate surface area is 145 Å². The molecule has 0 aliphatic carbocycles. The minimum atomic E-state index is -1.41. The van der Waals surface area contributed by atoms with Gasteiger partial charge in [0.05, 0.1) is 4.92 Å². The van der Waals surface area contributed by atoms with Crippen LogP contribution < -0.4 is 4.74 Å². The Balaban J connectivity index is 2.01. The van der Waals surface area contributed by atoms with E-state index in [1.165, 1.54) is 36.4 Å². The maximum Gasteiger partial charge on any atom is 0.358 e. The first kappa shape index (κ1) is 16.5. The molecule has 25 heavy (non-hydrogen) atoms. The molecule has 0 spiro atoms. The Kier molecular flexibility index (Phi) is 4.12. The molecule has 3 rings (SSSR count). The van der Waals surface area contributed by atoms with Crippen molar-refractivity contribution in [3.8, 4) is 17.2 Å². The summed E-state index contributed by atoms with van der Waals surface area (Å²) in [5.41, 5.74) is -0.641. The third-order valence-electron chi connectivity index (χ3n) is 3.39. The molecule has 9 heteroatoms. The van der Waals surface area contributed by atoms with Crippen molar-refractivity contribution in [2.75, 3.05) is 0 Å². The van der Waals surface area contributed by atoms with Crippen molar-refractivity contribution in [2.24, 2.45) is 0 Å². The number of aromatic nitrogens is 1. The number of ether oxygens (including phenoxy) is 1. The lowest BCUT2D eigenvalue weighted by atomic mass is 10.1. The third-order valence-corrected chi connectivity index (χ3v) is 3.68. The maximum absolute atomic E-state index is 11.1. The van der Waals surface area contributed by atoms with Gasteiger partial charge in [0.2, 0.25) is 0 Å². The first-order chi connectivity index (χ1) is 11.9. The molecule has 0 amide bonds. The molecule has 0 saturated carbocycles. The fraction of sp³-hybridized carbons (Fsp3) is 0. The van der Waals surface area contributed by atoms with Crippen LogP contribution in [0, 0.1) is 10.1 Å². The van der Waals surface area contributed by atoms with Crippen molar-refractivity contribution in [1.29, 1.82) is 0 Å². The summed E-state index contributed by atoms with van der Waals surface area (Å²) in [7, 11) is 0. The highest BCUT2D eigenvalue weighted by atomic mass is 35.5. The summed E-state index contributed by atoms with van der Waals surface area (Å²) >= 11 is 5.95. The van der Waals surface area contributed by atoms with Crippen molar-refractivity contribution in [3.05, 3.63) is 63.4 Å². The molecule has 8 nitrogen and oxygen atoms in total. The molecule has 2 aromatic carbocycles. The Morgan fingerprint density at radius 3 is 2.36 bits per heavy atom. The van der Waals surface area contributed by atoms with E-state index >= 15 is 0 Å². The molecule has 0 aliphatic rings. The van der Waals surface area contributed by atoms with Crippen molar-refractivity contribution in [2.45, 2.75) is 0 Å². The fourth-order valence-corrected chi connectivity index (χ4v) is 2.47. The Bertz CT molecular complexity index is 1000. The maximum atomic E-state index is 11.1. The topological polar surface area (TPSA) is 123 Å². The van der Waals surface area contributed by atoms with Gasteiger partial charge in [-0.15, -0.1) is 0 Å². The number of carboxylic acid groups (broad SMARTS) is 1. The van der Waals surface area contributed by atoms with Crippen LogP contribution in [-0.2, 0) is 0 Å². The number of aromatic hydroxyl groups is 1. The van der Waals surface area contributed by atoms with Crippen LogP contribution in [0.4, 0.5) is 5.69 Å². The monoisotopic (exact) mass is 360 g/mol. The molecule has 3 aromatic rings. The van der Waals surface area contributed by atoms with Crippen LogP contribution in [0.3, 0.4) is 0 Å². The van der Waals surface area contributed by atoms with E-state index in [-0.39, 0.29) is 22.0 Å². The van der Waals surface area contributed by atoms with Gasteiger partial charge in [0.15, 0.2) is 11.4 Å². The largest absolute Gasteiger partial charge is 0.505 e. The fourth-order valence-electron chi connectivity index (χ4n) is 2.22.